The molecule has 1 aromatic heterocycles. The van der Waals surface area contributed by atoms with Crippen LogP contribution in [0.2, 0.25) is 0 Å². The van der Waals surface area contributed by atoms with Crippen molar-refractivity contribution in [2.75, 3.05) is 18.9 Å². The molecule has 3 rings (SSSR count). The first kappa shape index (κ1) is 18.8. The van der Waals surface area contributed by atoms with Gasteiger partial charge < -0.3 is 10.6 Å². The van der Waals surface area contributed by atoms with Gasteiger partial charge in [-0.2, -0.15) is 0 Å². The zero-order chi connectivity index (χ0) is 16.2. The van der Waals surface area contributed by atoms with E-state index in [0.717, 1.165) is 30.5 Å². The number of anilines is 1. The van der Waals surface area contributed by atoms with Gasteiger partial charge >= 0.3 is 0 Å². The second-order valence-electron chi connectivity index (χ2n) is 5.81. The van der Waals surface area contributed by atoms with E-state index in [2.05, 4.69) is 15.6 Å². The minimum atomic E-state index is -0.224. The van der Waals surface area contributed by atoms with Crippen LogP contribution in [0.5, 0.6) is 0 Å². The monoisotopic (exact) mass is 369 g/mol. The van der Waals surface area contributed by atoms with Gasteiger partial charge in [0.05, 0.1) is 5.69 Å². The quantitative estimate of drug-likeness (QED) is 0.782. The molecule has 0 spiro atoms. The number of carbonyl (C=O) groups is 1. The van der Waals surface area contributed by atoms with Crippen LogP contribution in [0.3, 0.4) is 0 Å². The molecule has 0 aliphatic heterocycles. The summed E-state index contributed by atoms with van der Waals surface area (Å²) in [7, 11) is 1.82. The van der Waals surface area contributed by atoms with E-state index in [1.54, 1.807) is 12.1 Å². The molecule has 0 atom stereocenters. The summed E-state index contributed by atoms with van der Waals surface area (Å²) in [5.41, 5.74) is 2.16. The molecule has 4 nitrogen and oxygen atoms in total. The molecular weight excluding hydrogens is 349 g/mol. The molecule has 2 aromatic rings. The van der Waals surface area contributed by atoms with E-state index >= 15 is 0 Å². The van der Waals surface area contributed by atoms with E-state index in [1.807, 2.05) is 7.05 Å². The molecule has 24 heavy (non-hydrogen) atoms. The van der Waals surface area contributed by atoms with Gasteiger partial charge in [0.2, 0.25) is 5.91 Å². The van der Waals surface area contributed by atoms with E-state index in [-0.39, 0.29) is 24.1 Å². The highest BCUT2D eigenvalue weighted by Gasteiger charge is 2.29. The summed E-state index contributed by atoms with van der Waals surface area (Å²) in [5.74, 6) is 0.270. The van der Waals surface area contributed by atoms with Crippen LogP contribution < -0.4 is 10.6 Å². The summed E-state index contributed by atoms with van der Waals surface area (Å²) < 4.78 is 13.0. The summed E-state index contributed by atoms with van der Waals surface area (Å²) >= 11 is 1.53. The number of carbonyl (C=O) groups excluding carboxylic acids is 1. The molecule has 1 amide bonds. The Morgan fingerprint density at radius 3 is 2.67 bits per heavy atom. The SMILES string of the molecule is CNCCC(=O)Nc1nc(C2CC2)c(Cc2ccc(F)cc2)s1.Cl. The van der Waals surface area contributed by atoms with Crippen molar-refractivity contribution < 1.29 is 9.18 Å². The highest BCUT2D eigenvalue weighted by molar-refractivity contribution is 7.15. The van der Waals surface area contributed by atoms with E-state index < -0.39 is 0 Å². The molecule has 7 heteroatoms. The van der Waals surface area contributed by atoms with Gasteiger partial charge in [-0.25, -0.2) is 9.37 Å². The topological polar surface area (TPSA) is 54.0 Å². The highest BCUT2D eigenvalue weighted by atomic mass is 35.5. The number of aromatic nitrogens is 1. The second-order valence-corrected chi connectivity index (χ2v) is 6.89. The third-order valence-electron chi connectivity index (χ3n) is 3.82. The lowest BCUT2D eigenvalue weighted by atomic mass is 10.1. The first-order valence-corrected chi connectivity index (χ1v) is 8.66. The standard InChI is InChI=1S/C17H20FN3OS.ClH/c1-19-9-8-15(22)20-17-21-16(12-4-5-12)14(23-17)10-11-2-6-13(18)7-3-11;/h2-3,6-7,12,19H,4-5,8-10H2,1H3,(H,20,21,22);1H. The van der Waals surface area contributed by atoms with E-state index in [4.69, 9.17) is 0 Å². The normalized spacial score (nSPS) is 13.4. The van der Waals surface area contributed by atoms with Crippen LogP contribution in [-0.2, 0) is 11.2 Å². The Hall–Kier alpha value is -1.50. The first-order valence-electron chi connectivity index (χ1n) is 7.84. The van der Waals surface area contributed by atoms with Crippen LogP contribution in [0.1, 0.15) is 41.3 Å². The Labute approximate surface area is 151 Å². The fourth-order valence-corrected chi connectivity index (χ4v) is 3.53. The third kappa shape index (κ3) is 5.00. The largest absolute Gasteiger partial charge is 0.319 e. The Morgan fingerprint density at radius 2 is 2.04 bits per heavy atom. The zero-order valence-corrected chi connectivity index (χ0v) is 15.1. The van der Waals surface area contributed by atoms with Crippen LogP contribution in [0.25, 0.3) is 0 Å². The summed E-state index contributed by atoms with van der Waals surface area (Å²) in [4.78, 5) is 17.6. The van der Waals surface area contributed by atoms with Gasteiger partial charge in [0.15, 0.2) is 5.13 Å². The number of benzene rings is 1. The summed E-state index contributed by atoms with van der Waals surface area (Å²) in [6.45, 7) is 0.648. The molecule has 0 radical (unpaired) electrons. The minimum Gasteiger partial charge on any atom is -0.319 e. The maximum atomic E-state index is 13.0. The molecule has 1 fully saturated rings. The Kier molecular flexibility index (Phi) is 6.71. The summed E-state index contributed by atoms with van der Waals surface area (Å²) in [6.07, 6.45) is 3.49. The van der Waals surface area contributed by atoms with Crippen LogP contribution in [0, 0.1) is 5.82 Å². The Bertz CT molecular complexity index is 686. The maximum Gasteiger partial charge on any atom is 0.227 e. The van der Waals surface area contributed by atoms with Gasteiger partial charge in [0.25, 0.3) is 0 Å². The minimum absolute atomic E-state index is 0. The van der Waals surface area contributed by atoms with Crippen LogP contribution in [-0.4, -0.2) is 24.5 Å². The molecule has 1 aliphatic rings. The van der Waals surface area contributed by atoms with Crippen LogP contribution in [0.15, 0.2) is 24.3 Å². The number of hydrogen-bond donors (Lipinski definition) is 2. The number of rotatable bonds is 7. The van der Waals surface area contributed by atoms with Crippen molar-refractivity contribution in [3.05, 3.63) is 46.2 Å². The average Bonchev–Trinajstić information content (AvgIpc) is 3.31. The van der Waals surface area contributed by atoms with Crippen LogP contribution >= 0.6 is 23.7 Å². The van der Waals surface area contributed by atoms with Crippen molar-refractivity contribution >= 4 is 34.8 Å². The van der Waals surface area contributed by atoms with Crippen molar-refractivity contribution in [3.8, 4) is 0 Å². The number of hydrogen-bond acceptors (Lipinski definition) is 4. The number of nitrogens with zero attached hydrogens (tertiary/aromatic N) is 1. The first-order chi connectivity index (χ1) is 11.2. The van der Waals surface area contributed by atoms with Gasteiger partial charge in [-0.15, -0.1) is 23.7 Å². The molecule has 2 N–H and O–H groups in total. The second kappa shape index (κ2) is 8.55. The number of halogens is 2. The lowest BCUT2D eigenvalue weighted by molar-refractivity contribution is -0.116. The van der Waals surface area contributed by atoms with Crippen molar-refractivity contribution in [3.63, 3.8) is 0 Å². The van der Waals surface area contributed by atoms with E-state index in [0.29, 0.717) is 24.0 Å². The van der Waals surface area contributed by atoms with E-state index in [9.17, 15) is 9.18 Å². The summed E-state index contributed by atoms with van der Waals surface area (Å²) in [5, 5.41) is 6.51. The smallest absolute Gasteiger partial charge is 0.227 e. The fraction of sp³-hybridized carbons (Fsp3) is 0.412. The van der Waals surface area contributed by atoms with Crippen molar-refractivity contribution in [2.24, 2.45) is 0 Å². The van der Waals surface area contributed by atoms with Crippen molar-refractivity contribution in [1.29, 1.82) is 0 Å². The maximum absolute atomic E-state index is 13.0. The lowest BCUT2D eigenvalue weighted by Crippen LogP contribution is -2.18. The number of amides is 1. The lowest BCUT2D eigenvalue weighted by Gasteiger charge is -2.01. The molecule has 0 unspecified atom stereocenters. The number of nitrogens with one attached hydrogen (secondary N) is 2. The molecule has 1 saturated carbocycles. The molecule has 1 heterocycles. The number of thiazole rings is 1. The van der Waals surface area contributed by atoms with Gasteiger partial charge in [0.1, 0.15) is 5.82 Å². The summed E-state index contributed by atoms with van der Waals surface area (Å²) in [6, 6.07) is 6.56. The van der Waals surface area contributed by atoms with Gasteiger partial charge in [-0.3, -0.25) is 4.79 Å². The fourth-order valence-electron chi connectivity index (χ4n) is 2.43. The predicted molar refractivity (Wildman–Crippen MR) is 97.7 cm³/mol. The molecule has 0 saturated heterocycles. The Balaban J connectivity index is 0.00000208. The van der Waals surface area contributed by atoms with Gasteiger partial charge in [-0.05, 0) is 37.6 Å². The van der Waals surface area contributed by atoms with E-state index in [1.165, 1.54) is 28.3 Å². The highest BCUT2D eigenvalue weighted by Crippen LogP contribution is 2.44. The van der Waals surface area contributed by atoms with Crippen LogP contribution in [0.4, 0.5) is 9.52 Å². The van der Waals surface area contributed by atoms with Crippen molar-refractivity contribution in [1.82, 2.24) is 10.3 Å². The molecular formula is C17H21ClFN3OS. The van der Waals surface area contributed by atoms with Crippen molar-refractivity contribution in [2.45, 2.75) is 31.6 Å². The zero-order valence-electron chi connectivity index (χ0n) is 13.5. The molecule has 0 bridgehead atoms. The molecule has 130 valence electrons. The third-order valence-corrected chi connectivity index (χ3v) is 4.80. The Morgan fingerprint density at radius 1 is 1.33 bits per heavy atom. The van der Waals surface area contributed by atoms with Gasteiger partial charge in [0, 0.05) is 30.2 Å². The molecule has 1 aromatic carbocycles. The predicted octanol–water partition coefficient (Wildman–Crippen LogP) is 3.72. The van der Waals surface area contributed by atoms with Gasteiger partial charge in [-0.1, -0.05) is 12.1 Å². The molecule has 1 aliphatic carbocycles. The average molecular weight is 370 g/mol.